The van der Waals surface area contributed by atoms with Crippen LogP contribution in [0.15, 0.2) is 0 Å². The van der Waals surface area contributed by atoms with Crippen LogP contribution in [0.2, 0.25) is 0 Å². The fourth-order valence-corrected chi connectivity index (χ4v) is 0.574. The predicted molar refractivity (Wildman–Crippen MR) is 39.6 cm³/mol. The highest BCUT2D eigenvalue weighted by Crippen LogP contribution is 1.98. The van der Waals surface area contributed by atoms with Crippen molar-refractivity contribution in [1.82, 2.24) is 0 Å². The zero-order valence-electron chi connectivity index (χ0n) is 6.66. The van der Waals surface area contributed by atoms with Crippen molar-refractivity contribution in [2.75, 3.05) is 6.61 Å². The third-order valence-corrected chi connectivity index (χ3v) is 1.28. The van der Waals surface area contributed by atoms with Crippen molar-refractivity contribution >= 4 is 12.4 Å². The standard InChI is InChI=1S/C6H11NO6/c7-6(12)13-2-4(10)5(11)3(9)1-8/h1,3-5,9-11H,2H2,(H2,7,12)/t3-,4+,5-/m0/s1. The molecular weight excluding hydrogens is 182 g/mol. The Morgan fingerprint density at radius 3 is 2.38 bits per heavy atom. The molecule has 0 heterocycles. The third-order valence-electron chi connectivity index (χ3n) is 1.28. The lowest BCUT2D eigenvalue weighted by Crippen LogP contribution is -2.41. The van der Waals surface area contributed by atoms with Crippen molar-refractivity contribution in [3.8, 4) is 0 Å². The molecule has 0 rings (SSSR count). The molecule has 0 fully saturated rings. The molecule has 0 radical (unpaired) electrons. The number of hydrogen-bond donors (Lipinski definition) is 4. The number of aliphatic hydroxyl groups excluding tert-OH is 3. The van der Waals surface area contributed by atoms with Crippen LogP contribution in [0.1, 0.15) is 0 Å². The molecule has 76 valence electrons. The molecule has 3 atom stereocenters. The van der Waals surface area contributed by atoms with Gasteiger partial charge in [-0.3, -0.25) is 0 Å². The molecule has 0 saturated carbocycles. The van der Waals surface area contributed by atoms with E-state index in [1.807, 2.05) is 0 Å². The molecule has 0 unspecified atom stereocenters. The molecule has 7 heteroatoms. The summed E-state index contributed by atoms with van der Waals surface area (Å²) in [6.45, 7) is -0.582. The first-order valence-electron chi connectivity index (χ1n) is 3.40. The van der Waals surface area contributed by atoms with Crippen molar-refractivity contribution in [3.05, 3.63) is 0 Å². The van der Waals surface area contributed by atoms with Crippen LogP contribution in [0.4, 0.5) is 4.79 Å². The minimum absolute atomic E-state index is 0.0537. The molecule has 13 heavy (non-hydrogen) atoms. The van der Waals surface area contributed by atoms with Crippen molar-refractivity contribution < 1.29 is 29.6 Å². The van der Waals surface area contributed by atoms with Gasteiger partial charge in [0.2, 0.25) is 0 Å². The van der Waals surface area contributed by atoms with Gasteiger partial charge in [-0.2, -0.15) is 0 Å². The van der Waals surface area contributed by atoms with Crippen LogP contribution in [-0.4, -0.2) is 52.6 Å². The highest BCUT2D eigenvalue weighted by molar-refractivity contribution is 5.64. The second-order valence-corrected chi connectivity index (χ2v) is 2.31. The number of carbonyl (C=O) groups is 2. The number of aliphatic hydroxyl groups is 3. The van der Waals surface area contributed by atoms with E-state index in [-0.39, 0.29) is 6.29 Å². The van der Waals surface area contributed by atoms with E-state index in [0.29, 0.717) is 0 Å². The van der Waals surface area contributed by atoms with E-state index in [4.69, 9.17) is 15.3 Å². The van der Waals surface area contributed by atoms with Crippen LogP contribution in [0, 0.1) is 0 Å². The number of aldehydes is 1. The molecule has 5 N–H and O–H groups in total. The van der Waals surface area contributed by atoms with Gasteiger partial charge in [0.15, 0.2) is 6.29 Å². The summed E-state index contributed by atoms with van der Waals surface area (Å²) in [5, 5.41) is 26.6. The first kappa shape index (κ1) is 11.8. The van der Waals surface area contributed by atoms with Gasteiger partial charge in [-0.05, 0) is 0 Å². The molecule has 7 nitrogen and oxygen atoms in total. The van der Waals surface area contributed by atoms with Gasteiger partial charge in [0, 0.05) is 0 Å². The topological polar surface area (TPSA) is 130 Å². The van der Waals surface area contributed by atoms with E-state index >= 15 is 0 Å². The van der Waals surface area contributed by atoms with Gasteiger partial charge < -0.3 is 30.6 Å². The van der Waals surface area contributed by atoms with Gasteiger partial charge in [-0.25, -0.2) is 4.79 Å². The van der Waals surface area contributed by atoms with E-state index in [9.17, 15) is 9.59 Å². The average Bonchev–Trinajstić information content (AvgIpc) is 2.11. The Bertz CT molecular complexity index is 184. The summed E-state index contributed by atoms with van der Waals surface area (Å²) >= 11 is 0. The van der Waals surface area contributed by atoms with Crippen molar-refractivity contribution in [1.29, 1.82) is 0 Å². The summed E-state index contributed by atoms with van der Waals surface area (Å²) in [5.41, 5.74) is 4.56. The number of amides is 1. The number of carbonyl (C=O) groups excluding carboxylic acids is 2. The molecule has 1 amide bonds. The minimum atomic E-state index is -1.72. The molecule has 0 aromatic carbocycles. The summed E-state index contributed by atoms with van der Waals surface area (Å²) in [4.78, 5) is 20.0. The normalized spacial score (nSPS) is 17.2. The number of hydrogen-bond acceptors (Lipinski definition) is 6. The second kappa shape index (κ2) is 5.46. The van der Waals surface area contributed by atoms with Crippen LogP contribution in [0.5, 0.6) is 0 Å². The highest BCUT2D eigenvalue weighted by atomic mass is 16.6. The Hall–Kier alpha value is -1.18. The molecular formula is C6H11NO6. The van der Waals surface area contributed by atoms with Gasteiger partial charge in [0.1, 0.15) is 24.9 Å². The van der Waals surface area contributed by atoms with Crippen LogP contribution in [-0.2, 0) is 9.53 Å². The molecule has 0 aliphatic carbocycles. The lowest BCUT2D eigenvalue weighted by Gasteiger charge is -2.18. The van der Waals surface area contributed by atoms with E-state index in [1.165, 1.54) is 0 Å². The fourth-order valence-electron chi connectivity index (χ4n) is 0.574. The SMILES string of the molecule is NC(=O)OC[C@@H](O)[C@@H](O)[C@@H](O)C=O. The molecule has 0 aliphatic heterocycles. The van der Waals surface area contributed by atoms with Crippen molar-refractivity contribution in [2.45, 2.75) is 18.3 Å². The monoisotopic (exact) mass is 193 g/mol. The van der Waals surface area contributed by atoms with Gasteiger partial charge >= 0.3 is 6.09 Å². The van der Waals surface area contributed by atoms with E-state index in [2.05, 4.69) is 10.5 Å². The van der Waals surface area contributed by atoms with Crippen LogP contribution < -0.4 is 5.73 Å². The summed E-state index contributed by atoms with van der Waals surface area (Å²) in [5.74, 6) is 0. The number of ether oxygens (including phenoxy) is 1. The van der Waals surface area contributed by atoms with E-state index in [0.717, 1.165) is 0 Å². The quantitative estimate of drug-likeness (QED) is 0.353. The Morgan fingerprint density at radius 2 is 2.00 bits per heavy atom. The average molecular weight is 193 g/mol. The van der Waals surface area contributed by atoms with Crippen molar-refractivity contribution in [2.24, 2.45) is 5.73 Å². The van der Waals surface area contributed by atoms with E-state index < -0.39 is 31.0 Å². The van der Waals surface area contributed by atoms with Gasteiger partial charge in [0.05, 0.1) is 0 Å². The van der Waals surface area contributed by atoms with Crippen molar-refractivity contribution in [3.63, 3.8) is 0 Å². The fraction of sp³-hybridized carbons (Fsp3) is 0.667. The number of nitrogens with two attached hydrogens (primary N) is 1. The summed E-state index contributed by atoms with van der Waals surface area (Å²) < 4.78 is 4.12. The summed E-state index contributed by atoms with van der Waals surface area (Å²) in [6.07, 6.45) is -6.03. The van der Waals surface area contributed by atoms with Crippen LogP contribution in [0.3, 0.4) is 0 Å². The van der Waals surface area contributed by atoms with Gasteiger partial charge in [-0.1, -0.05) is 0 Å². The lowest BCUT2D eigenvalue weighted by atomic mass is 10.1. The molecule has 0 aromatic rings. The maximum Gasteiger partial charge on any atom is 0.404 e. The molecule has 0 aromatic heterocycles. The summed E-state index contributed by atoms with van der Waals surface area (Å²) in [6, 6.07) is 0. The Morgan fingerprint density at radius 1 is 1.46 bits per heavy atom. The maximum atomic E-state index is 10.0. The highest BCUT2D eigenvalue weighted by Gasteiger charge is 2.24. The minimum Gasteiger partial charge on any atom is -0.447 e. The zero-order valence-corrected chi connectivity index (χ0v) is 6.66. The van der Waals surface area contributed by atoms with Crippen LogP contribution >= 0.6 is 0 Å². The van der Waals surface area contributed by atoms with Gasteiger partial charge in [-0.15, -0.1) is 0 Å². The predicted octanol–water partition coefficient (Wildman–Crippen LogP) is -2.64. The second-order valence-electron chi connectivity index (χ2n) is 2.31. The Kier molecular flexibility index (Phi) is 4.97. The third kappa shape index (κ3) is 4.41. The first-order chi connectivity index (χ1) is 5.99. The lowest BCUT2D eigenvalue weighted by molar-refractivity contribution is -0.127. The summed E-state index contributed by atoms with van der Waals surface area (Å²) in [7, 11) is 0. The smallest absolute Gasteiger partial charge is 0.404 e. The first-order valence-corrected chi connectivity index (χ1v) is 3.40. The zero-order chi connectivity index (χ0) is 10.4. The number of rotatable bonds is 5. The largest absolute Gasteiger partial charge is 0.447 e. The van der Waals surface area contributed by atoms with Gasteiger partial charge in [0.25, 0.3) is 0 Å². The number of primary amides is 1. The Labute approximate surface area is 73.7 Å². The molecule has 0 bridgehead atoms. The molecule has 0 aliphatic rings. The molecule has 0 saturated heterocycles. The maximum absolute atomic E-state index is 10.0. The van der Waals surface area contributed by atoms with E-state index in [1.54, 1.807) is 0 Å². The Balaban J connectivity index is 3.87. The molecule has 0 spiro atoms. The van der Waals surface area contributed by atoms with Crippen LogP contribution in [0.25, 0.3) is 0 Å².